The van der Waals surface area contributed by atoms with E-state index in [9.17, 15) is 9.90 Å². The molecule has 0 atom stereocenters. The summed E-state index contributed by atoms with van der Waals surface area (Å²) in [6, 6.07) is 18.9. The number of anilines is 1. The summed E-state index contributed by atoms with van der Waals surface area (Å²) in [4.78, 5) is 12.3. The number of phenolic OH excluding ortho intramolecular Hbond substituents is 1. The normalized spacial score (nSPS) is 10.3. The lowest BCUT2D eigenvalue weighted by Crippen LogP contribution is -2.12. The van der Waals surface area contributed by atoms with E-state index in [1.54, 1.807) is 24.3 Å². The summed E-state index contributed by atoms with van der Waals surface area (Å²) in [5.74, 6) is 0.529. The zero-order valence-corrected chi connectivity index (χ0v) is 14.4. The Bertz CT molecular complexity index is 897. The number of benzene rings is 3. The summed E-state index contributed by atoms with van der Waals surface area (Å²) in [6.45, 7) is 0. The van der Waals surface area contributed by atoms with Crippen molar-refractivity contribution in [3.05, 3.63) is 82.3 Å². The molecule has 0 spiro atoms. The lowest BCUT2D eigenvalue weighted by molar-refractivity contribution is 0.102. The molecule has 4 nitrogen and oxygen atoms in total. The lowest BCUT2D eigenvalue weighted by Gasteiger charge is -2.10. The molecule has 0 aliphatic rings. The summed E-state index contributed by atoms with van der Waals surface area (Å²) in [5.41, 5.74) is 0.544. The van der Waals surface area contributed by atoms with Crippen LogP contribution < -0.4 is 10.1 Å². The predicted molar refractivity (Wildman–Crippen MR) is 99.0 cm³/mol. The van der Waals surface area contributed by atoms with Crippen LogP contribution >= 0.6 is 23.2 Å². The van der Waals surface area contributed by atoms with Crippen LogP contribution in [0.25, 0.3) is 0 Å². The summed E-state index contributed by atoms with van der Waals surface area (Å²) in [5, 5.41) is 12.9. The largest absolute Gasteiger partial charge is 0.506 e. The van der Waals surface area contributed by atoms with Gasteiger partial charge in [0.25, 0.3) is 5.91 Å². The van der Waals surface area contributed by atoms with Crippen molar-refractivity contribution in [1.82, 2.24) is 0 Å². The Morgan fingerprint density at radius 2 is 1.56 bits per heavy atom. The summed E-state index contributed by atoms with van der Waals surface area (Å²) in [6.07, 6.45) is 0. The van der Waals surface area contributed by atoms with Crippen molar-refractivity contribution in [1.29, 1.82) is 0 Å². The zero-order valence-electron chi connectivity index (χ0n) is 12.9. The Hall–Kier alpha value is -2.69. The minimum atomic E-state index is -0.515. The van der Waals surface area contributed by atoms with Gasteiger partial charge in [0.1, 0.15) is 17.2 Å². The Balaban J connectivity index is 1.72. The van der Waals surface area contributed by atoms with Gasteiger partial charge < -0.3 is 15.2 Å². The van der Waals surface area contributed by atoms with Gasteiger partial charge in [0.2, 0.25) is 0 Å². The Morgan fingerprint density at radius 3 is 2.24 bits per heavy atom. The fourth-order valence-electron chi connectivity index (χ4n) is 2.17. The van der Waals surface area contributed by atoms with Crippen LogP contribution in [0.1, 0.15) is 10.4 Å². The third-order valence-corrected chi connectivity index (χ3v) is 3.87. The molecule has 0 fully saturated rings. The van der Waals surface area contributed by atoms with Crippen molar-refractivity contribution >= 4 is 34.8 Å². The molecule has 0 aliphatic heterocycles. The number of nitrogens with one attached hydrogen (secondary N) is 1. The van der Waals surface area contributed by atoms with E-state index in [0.29, 0.717) is 11.4 Å². The van der Waals surface area contributed by atoms with Gasteiger partial charge in [-0.15, -0.1) is 0 Å². The van der Waals surface area contributed by atoms with Crippen molar-refractivity contribution in [2.45, 2.75) is 0 Å². The zero-order chi connectivity index (χ0) is 17.8. The maximum absolute atomic E-state index is 12.3. The number of carbonyl (C=O) groups excluding carboxylic acids is 1. The molecule has 0 bridgehead atoms. The quantitative estimate of drug-likeness (QED) is 0.612. The van der Waals surface area contributed by atoms with Gasteiger partial charge in [-0.1, -0.05) is 41.4 Å². The highest BCUT2D eigenvalue weighted by atomic mass is 35.5. The molecule has 2 N–H and O–H groups in total. The monoisotopic (exact) mass is 373 g/mol. The molecule has 0 radical (unpaired) electrons. The molecule has 0 saturated carbocycles. The molecule has 0 aliphatic carbocycles. The number of amides is 1. The van der Waals surface area contributed by atoms with Gasteiger partial charge in [-0.2, -0.15) is 0 Å². The summed E-state index contributed by atoms with van der Waals surface area (Å²) < 4.78 is 5.69. The first-order valence-electron chi connectivity index (χ1n) is 7.35. The highest BCUT2D eigenvalue weighted by Gasteiger charge is 2.15. The van der Waals surface area contributed by atoms with E-state index in [2.05, 4.69) is 5.32 Å². The molecule has 0 unspecified atom stereocenters. The van der Waals surface area contributed by atoms with Crippen LogP contribution in [0.3, 0.4) is 0 Å². The van der Waals surface area contributed by atoms with E-state index >= 15 is 0 Å². The number of rotatable bonds is 4. The van der Waals surface area contributed by atoms with E-state index in [4.69, 9.17) is 27.9 Å². The van der Waals surface area contributed by atoms with Crippen LogP contribution in [0.15, 0.2) is 66.7 Å². The van der Waals surface area contributed by atoms with Gasteiger partial charge in [0.15, 0.2) is 0 Å². The van der Waals surface area contributed by atoms with E-state index < -0.39 is 5.91 Å². The number of hydrogen-bond donors (Lipinski definition) is 2. The lowest BCUT2D eigenvalue weighted by atomic mass is 10.2. The van der Waals surface area contributed by atoms with E-state index in [1.807, 2.05) is 30.3 Å². The number of hydrogen-bond acceptors (Lipinski definition) is 3. The first-order valence-corrected chi connectivity index (χ1v) is 8.11. The van der Waals surface area contributed by atoms with Crippen molar-refractivity contribution in [3.63, 3.8) is 0 Å². The van der Waals surface area contributed by atoms with Crippen molar-refractivity contribution < 1.29 is 14.6 Å². The fraction of sp³-hybridized carbons (Fsp3) is 0. The maximum Gasteiger partial charge on any atom is 0.259 e. The molecular weight excluding hydrogens is 361 g/mol. The average molecular weight is 374 g/mol. The smallest absolute Gasteiger partial charge is 0.259 e. The van der Waals surface area contributed by atoms with Gasteiger partial charge in [-0.25, -0.2) is 0 Å². The van der Waals surface area contributed by atoms with Crippen LogP contribution in [0, 0.1) is 0 Å². The second-order valence-electron chi connectivity index (χ2n) is 5.18. The number of ether oxygens (including phenoxy) is 1. The van der Waals surface area contributed by atoms with Gasteiger partial charge in [-0.3, -0.25) is 4.79 Å². The summed E-state index contributed by atoms with van der Waals surface area (Å²) >= 11 is 11.7. The third kappa shape index (κ3) is 4.24. The molecule has 0 aromatic heterocycles. The van der Waals surface area contributed by atoms with E-state index in [-0.39, 0.29) is 21.4 Å². The average Bonchev–Trinajstić information content (AvgIpc) is 2.60. The highest BCUT2D eigenvalue weighted by Crippen LogP contribution is 2.32. The fourth-order valence-corrected chi connectivity index (χ4v) is 2.66. The second-order valence-corrected chi connectivity index (χ2v) is 6.02. The SMILES string of the molecule is O=C(Nc1ccc(Oc2ccccc2)cc1)c1cc(Cl)cc(Cl)c1O. The van der Waals surface area contributed by atoms with Gasteiger partial charge >= 0.3 is 0 Å². The minimum absolute atomic E-state index is 0.00196. The van der Waals surface area contributed by atoms with Crippen molar-refractivity contribution in [3.8, 4) is 17.2 Å². The predicted octanol–water partition coefficient (Wildman–Crippen LogP) is 5.74. The maximum atomic E-state index is 12.3. The standard InChI is InChI=1S/C19H13Cl2NO3/c20-12-10-16(18(23)17(21)11-12)19(24)22-13-6-8-15(9-7-13)25-14-4-2-1-3-5-14/h1-11,23H,(H,22,24). The Morgan fingerprint density at radius 1 is 0.920 bits per heavy atom. The van der Waals surface area contributed by atoms with Crippen LogP contribution in [-0.2, 0) is 0 Å². The van der Waals surface area contributed by atoms with Crippen molar-refractivity contribution in [2.75, 3.05) is 5.32 Å². The summed E-state index contributed by atoms with van der Waals surface area (Å²) in [7, 11) is 0. The molecule has 3 rings (SSSR count). The molecule has 0 saturated heterocycles. The number of carbonyl (C=O) groups is 1. The molecule has 0 heterocycles. The molecule has 6 heteroatoms. The van der Waals surface area contributed by atoms with Crippen LogP contribution in [0.5, 0.6) is 17.2 Å². The highest BCUT2D eigenvalue weighted by molar-refractivity contribution is 6.36. The Labute approximate surface area is 154 Å². The van der Waals surface area contributed by atoms with Crippen molar-refractivity contribution in [2.24, 2.45) is 0 Å². The molecule has 1 amide bonds. The topological polar surface area (TPSA) is 58.6 Å². The van der Waals surface area contributed by atoms with Gasteiger partial charge in [0.05, 0.1) is 10.6 Å². The molecule has 25 heavy (non-hydrogen) atoms. The van der Waals surface area contributed by atoms with Gasteiger partial charge in [0, 0.05) is 10.7 Å². The minimum Gasteiger partial charge on any atom is -0.506 e. The number of aromatic hydroxyl groups is 1. The third-order valence-electron chi connectivity index (χ3n) is 3.36. The van der Waals surface area contributed by atoms with Crippen LogP contribution in [-0.4, -0.2) is 11.0 Å². The number of halogens is 2. The molecular formula is C19H13Cl2NO3. The number of phenols is 1. The number of para-hydroxylation sites is 1. The molecule has 126 valence electrons. The van der Waals surface area contributed by atoms with E-state index in [1.165, 1.54) is 12.1 Å². The molecule has 3 aromatic carbocycles. The first-order chi connectivity index (χ1) is 12.0. The first kappa shape index (κ1) is 17.1. The molecule has 3 aromatic rings. The van der Waals surface area contributed by atoms with Crippen LogP contribution in [0.4, 0.5) is 5.69 Å². The second kappa shape index (κ2) is 7.47. The van der Waals surface area contributed by atoms with Crippen LogP contribution in [0.2, 0.25) is 10.0 Å². The van der Waals surface area contributed by atoms with E-state index in [0.717, 1.165) is 5.75 Å². The van der Waals surface area contributed by atoms with Gasteiger partial charge in [-0.05, 0) is 48.5 Å². The Kier molecular flexibility index (Phi) is 5.12.